The van der Waals surface area contributed by atoms with Crippen molar-refractivity contribution in [2.75, 3.05) is 5.73 Å². The molecule has 0 bridgehead atoms. The number of nitrogens with two attached hydrogens (primary N) is 1. The fourth-order valence-corrected chi connectivity index (χ4v) is 2.20. The molecule has 3 rings (SSSR count). The lowest BCUT2D eigenvalue weighted by Crippen LogP contribution is -1.98. The summed E-state index contributed by atoms with van der Waals surface area (Å²) in [6, 6.07) is 9.14. The first-order valence-electron chi connectivity index (χ1n) is 5.65. The van der Waals surface area contributed by atoms with E-state index >= 15 is 0 Å². The van der Waals surface area contributed by atoms with Gasteiger partial charge >= 0.3 is 0 Å². The zero-order valence-corrected chi connectivity index (χ0v) is 10.8. The van der Waals surface area contributed by atoms with Crippen LogP contribution in [-0.4, -0.2) is 10.1 Å². The van der Waals surface area contributed by atoms with Crippen LogP contribution in [0.4, 0.5) is 5.69 Å². The lowest BCUT2D eigenvalue weighted by Gasteiger charge is -2.03. The minimum absolute atomic E-state index is 0.247. The van der Waals surface area contributed by atoms with E-state index in [0.717, 1.165) is 5.56 Å². The molecule has 0 aliphatic carbocycles. The van der Waals surface area contributed by atoms with Gasteiger partial charge in [0.25, 0.3) is 5.89 Å². The average Bonchev–Trinajstić information content (AvgIpc) is 3.07. The number of hydrogen-bond donors (Lipinski definition) is 1. The Bertz CT molecular complexity index is 664. The summed E-state index contributed by atoms with van der Waals surface area (Å²) in [7, 11) is 0. The molecular weight excluding hydrogens is 262 g/mol. The number of benzene rings is 1. The van der Waals surface area contributed by atoms with Crippen molar-refractivity contribution in [1.29, 1.82) is 0 Å². The summed E-state index contributed by atoms with van der Waals surface area (Å²) in [6.45, 7) is 0.247. The fourth-order valence-electron chi connectivity index (χ4n) is 1.57. The van der Waals surface area contributed by atoms with E-state index in [4.69, 9.17) is 15.0 Å². The van der Waals surface area contributed by atoms with E-state index in [1.165, 1.54) is 0 Å². The second-order valence-electron chi connectivity index (χ2n) is 3.89. The summed E-state index contributed by atoms with van der Waals surface area (Å²) in [5, 5.41) is 7.79. The van der Waals surface area contributed by atoms with Crippen LogP contribution < -0.4 is 10.5 Å². The van der Waals surface area contributed by atoms with E-state index in [2.05, 4.69) is 10.1 Å². The molecular formula is C13H11N3O2S. The van der Waals surface area contributed by atoms with Crippen LogP contribution in [-0.2, 0) is 6.61 Å². The predicted octanol–water partition coefficient (Wildman–Crippen LogP) is 2.96. The quantitative estimate of drug-likeness (QED) is 0.740. The van der Waals surface area contributed by atoms with Crippen LogP contribution >= 0.6 is 11.3 Å². The molecule has 2 heterocycles. The van der Waals surface area contributed by atoms with Gasteiger partial charge < -0.3 is 15.0 Å². The topological polar surface area (TPSA) is 74.2 Å². The van der Waals surface area contributed by atoms with Crippen molar-refractivity contribution >= 4 is 17.0 Å². The van der Waals surface area contributed by atoms with Gasteiger partial charge in [-0.05, 0) is 23.6 Å². The van der Waals surface area contributed by atoms with Crippen molar-refractivity contribution in [3.05, 3.63) is 46.9 Å². The number of thiophene rings is 1. The molecule has 0 spiro atoms. The Morgan fingerprint density at radius 2 is 2.26 bits per heavy atom. The van der Waals surface area contributed by atoms with Crippen molar-refractivity contribution in [3.63, 3.8) is 0 Å². The Hall–Kier alpha value is -2.34. The second kappa shape index (κ2) is 5.11. The molecule has 0 saturated carbocycles. The van der Waals surface area contributed by atoms with E-state index in [9.17, 15) is 0 Å². The van der Waals surface area contributed by atoms with Crippen LogP contribution in [0.25, 0.3) is 11.5 Å². The molecule has 0 unspecified atom stereocenters. The maximum Gasteiger partial charge on any atom is 0.258 e. The zero-order valence-electron chi connectivity index (χ0n) is 9.95. The van der Waals surface area contributed by atoms with Crippen molar-refractivity contribution in [2.24, 2.45) is 0 Å². The number of nitrogen functional groups attached to an aromatic ring is 1. The Morgan fingerprint density at radius 3 is 3.05 bits per heavy atom. The third-order valence-electron chi connectivity index (χ3n) is 2.46. The maximum absolute atomic E-state index is 5.67. The van der Waals surface area contributed by atoms with Crippen LogP contribution in [0.1, 0.15) is 5.82 Å². The summed E-state index contributed by atoms with van der Waals surface area (Å²) < 4.78 is 10.7. The van der Waals surface area contributed by atoms with Gasteiger partial charge in [-0.15, -0.1) is 0 Å². The van der Waals surface area contributed by atoms with Crippen LogP contribution in [0, 0.1) is 0 Å². The lowest BCUT2D eigenvalue weighted by atomic mass is 10.3. The lowest BCUT2D eigenvalue weighted by molar-refractivity contribution is 0.287. The van der Waals surface area contributed by atoms with Gasteiger partial charge in [0.15, 0.2) is 6.61 Å². The highest BCUT2D eigenvalue weighted by molar-refractivity contribution is 7.08. The number of nitrogens with zero attached hydrogens (tertiary/aromatic N) is 2. The standard InChI is InChI=1S/C13H11N3O2S/c14-10-2-1-3-11(6-10)17-7-12-15-13(18-16-12)9-4-5-19-8-9/h1-6,8H,7,14H2. The predicted molar refractivity (Wildman–Crippen MR) is 72.8 cm³/mol. The van der Waals surface area contributed by atoms with Gasteiger partial charge in [0, 0.05) is 17.1 Å². The summed E-state index contributed by atoms with van der Waals surface area (Å²) in [5.74, 6) is 1.69. The first kappa shape index (κ1) is 11.7. The van der Waals surface area contributed by atoms with E-state index < -0.39 is 0 Å². The highest BCUT2D eigenvalue weighted by atomic mass is 32.1. The molecule has 96 valence electrons. The minimum Gasteiger partial charge on any atom is -0.485 e. The maximum atomic E-state index is 5.67. The van der Waals surface area contributed by atoms with Gasteiger partial charge in [-0.1, -0.05) is 11.2 Å². The molecule has 0 atom stereocenters. The van der Waals surface area contributed by atoms with Gasteiger partial charge in [-0.2, -0.15) is 16.3 Å². The summed E-state index contributed by atoms with van der Waals surface area (Å²) in [6.07, 6.45) is 0. The molecule has 0 fully saturated rings. The van der Waals surface area contributed by atoms with Crippen LogP contribution in [0.15, 0.2) is 45.6 Å². The van der Waals surface area contributed by atoms with Crippen molar-refractivity contribution in [2.45, 2.75) is 6.61 Å². The first-order valence-corrected chi connectivity index (χ1v) is 6.59. The molecule has 3 aromatic rings. The van der Waals surface area contributed by atoms with E-state index in [0.29, 0.717) is 23.2 Å². The van der Waals surface area contributed by atoms with Gasteiger partial charge in [-0.3, -0.25) is 0 Å². The molecule has 6 heteroatoms. The summed E-state index contributed by atoms with van der Waals surface area (Å²) in [4.78, 5) is 4.26. The monoisotopic (exact) mass is 273 g/mol. The number of aromatic nitrogens is 2. The number of anilines is 1. The number of ether oxygens (including phenoxy) is 1. The highest BCUT2D eigenvalue weighted by Gasteiger charge is 2.09. The van der Waals surface area contributed by atoms with Crippen molar-refractivity contribution < 1.29 is 9.26 Å². The van der Waals surface area contributed by atoms with Gasteiger partial charge in [-0.25, -0.2) is 0 Å². The van der Waals surface area contributed by atoms with Crippen LogP contribution in [0.5, 0.6) is 5.75 Å². The molecule has 0 amide bonds. The Balaban J connectivity index is 1.68. The largest absolute Gasteiger partial charge is 0.485 e. The first-order chi connectivity index (χ1) is 9.31. The van der Waals surface area contributed by atoms with E-state index in [1.807, 2.05) is 29.0 Å². The van der Waals surface area contributed by atoms with E-state index in [-0.39, 0.29) is 6.61 Å². The Labute approximate surface area is 113 Å². The van der Waals surface area contributed by atoms with Gasteiger partial charge in [0.1, 0.15) is 5.75 Å². The van der Waals surface area contributed by atoms with Crippen LogP contribution in [0.2, 0.25) is 0 Å². The number of rotatable bonds is 4. The molecule has 5 nitrogen and oxygen atoms in total. The Kier molecular flexibility index (Phi) is 3.16. The average molecular weight is 273 g/mol. The molecule has 0 radical (unpaired) electrons. The van der Waals surface area contributed by atoms with Gasteiger partial charge in [0.2, 0.25) is 5.82 Å². The van der Waals surface area contributed by atoms with Crippen LogP contribution in [0.3, 0.4) is 0 Å². The third-order valence-corrected chi connectivity index (χ3v) is 3.15. The highest BCUT2D eigenvalue weighted by Crippen LogP contribution is 2.20. The Morgan fingerprint density at radius 1 is 1.32 bits per heavy atom. The molecule has 19 heavy (non-hydrogen) atoms. The molecule has 0 aliphatic rings. The smallest absolute Gasteiger partial charge is 0.258 e. The SMILES string of the molecule is Nc1cccc(OCc2noc(-c3ccsc3)n2)c1. The molecule has 2 aromatic heterocycles. The second-order valence-corrected chi connectivity index (χ2v) is 4.67. The summed E-state index contributed by atoms with van der Waals surface area (Å²) >= 11 is 1.58. The molecule has 1 aromatic carbocycles. The van der Waals surface area contributed by atoms with E-state index in [1.54, 1.807) is 23.5 Å². The molecule has 0 aliphatic heterocycles. The van der Waals surface area contributed by atoms with Crippen molar-refractivity contribution in [1.82, 2.24) is 10.1 Å². The molecule has 2 N–H and O–H groups in total. The zero-order chi connectivity index (χ0) is 13.1. The third kappa shape index (κ3) is 2.74. The van der Waals surface area contributed by atoms with Crippen molar-refractivity contribution in [3.8, 4) is 17.2 Å². The summed E-state index contributed by atoms with van der Waals surface area (Å²) in [5.41, 5.74) is 7.25. The fraction of sp³-hybridized carbons (Fsp3) is 0.0769. The minimum atomic E-state index is 0.247. The normalized spacial score (nSPS) is 10.5. The molecule has 0 saturated heterocycles. The number of hydrogen-bond acceptors (Lipinski definition) is 6. The van der Waals surface area contributed by atoms with Gasteiger partial charge in [0.05, 0.1) is 5.56 Å².